The van der Waals surface area contributed by atoms with E-state index < -0.39 is 32.5 Å². The Kier molecular flexibility index (Phi) is 38.8. The molecule has 0 aliphatic heterocycles. The molecule has 0 bridgehead atoms. The Labute approximate surface area is 366 Å². The maximum absolute atomic E-state index is 12.7. The number of likely N-dealkylation sites (N-methyl/N-ethyl adjacent to an activating group) is 1. The van der Waals surface area contributed by atoms with Crippen molar-refractivity contribution < 1.29 is 42.1 Å². The summed E-state index contributed by atoms with van der Waals surface area (Å²) in [7, 11) is 1.40. The van der Waals surface area contributed by atoms with Gasteiger partial charge in [0.2, 0.25) is 0 Å². The largest absolute Gasteiger partial charge is 0.472 e. The number of carbonyl (C=O) groups excluding carboxylic acids is 2. The average molecular weight is 857 g/mol. The normalized spacial score (nSPS) is 14.6. The summed E-state index contributed by atoms with van der Waals surface area (Å²) in [6.45, 7) is 4.17. The summed E-state index contributed by atoms with van der Waals surface area (Å²) in [6.07, 6.45) is 55.8. The van der Waals surface area contributed by atoms with E-state index in [9.17, 15) is 19.0 Å². The Balaban J connectivity index is 4.55. The van der Waals surface area contributed by atoms with Crippen LogP contribution in [0.5, 0.6) is 0 Å². The molecule has 0 aromatic rings. The Morgan fingerprint density at radius 3 is 1.43 bits per heavy atom. The van der Waals surface area contributed by atoms with E-state index in [1.807, 2.05) is 33.3 Å². The quantitative estimate of drug-likeness (QED) is 0.0214. The van der Waals surface area contributed by atoms with Crippen molar-refractivity contribution in [2.24, 2.45) is 0 Å². The van der Waals surface area contributed by atoms with Crippen molar-refractivity contribution in [2.45, 2.75) is 148 Å². The molecule has 60 heavy (non-hydrogen) atoms. The summed E-state index contributed by atoms with van der Waals surface area (Å²) in [5, 5.41) is 0. The Bertz CT molecular complexity index is 1380. The zero-order valence-corrected chi connectivity index (χ0v) is 39.0. The van der Waals surface area contributed by atoms with Gasteiger partial charge in [0.15, 0.2) is 6.10 Å². The van der Waals surface area contributed by atoms with Crippen LogP contribution < -0.4 is 0 Å². The number of phosphoric acid groups is 1. The second-order valence-corrected chi connectivity index (χ2v) is 17.2. The Hall–Kier alpha value is -3.33. The van der Waals surface area contributed by atoms with Crippen molar-refractivity contribution in [3.05, 3.63) is 109 Å². The summed E-state index contributed by atoms with van der Waals surface area (Å²) in [5.74, 6) is -0.944. The molecule has 0 saturated carbocycles. The molecule has 0 saturated heterocycles. The van der Waals surface area contributed by atoms with Crippen LogP contribution in [0.3, 0.4) is 0 Å². The van der Waals surface area contributed by atoms with Gasteiger partial charge in [-0.2, -0.15) is 0 Å². The fraction of sp³-hybridized carbons (Fsp3) is 0.600. The molecular formula is C50H83NO8P+. The van der Waals surface area contributed by atoms with Gasteiger partial charge in [-0.15, -0.1) is 0 Å². The van der Waals surface area contributed by atoms with E-state index in [0.717, 1.165) is 70.6 Å². The topological polar surface area (TPSA) is 108 Å². The van der Waals surface area contributed by atoms with Gasteiger partial charge in [-0.05, 0) is 89.9 Å². The maximum Gasteiger partial charge on any atom is 0.472 e. The lowest BCUT2D eigenvalue weighted by Gasteiger charge is -2.24. The van der Waals surface area contributed by atoms with Gasteiger partial charge in [-0.3, -0.25) is 18.6 Å². The number of allylic oxidation sites excluding steroid dienone is 18. The molecule has 1 unspecified atom stereocenters. The maximum atomic E-state index is 12.7. The third kappa shape index (κ3) is 44.2. The molecule has 0 amide bonds. The molecular weight excluding hydrogens is 774 g/mol. The number of rotatable bonds is 39. The van der Waals surface area contributed by atoms with Gasteiger partial charge in [0.1, 0.15) is 19.8 Å². The fourth-order valence-electron chi connectivity index (χ4n) is 5.22. The van der Waals surface area contributed by atoms with Crippen LogP contribution in [0.4, 0.5) is 0 Å². The summed E-state index contributed by atoms with van der Waals surface area (Å²) in [6, 6.07) is 0. The highest BCUT2D eigenvalue weighted by molar-refractivity contribution is 7.47. The van der Waals surface area contributed by atoms with Gasteiger partial charge < -0.3 is 18.9 Å². The standard InChI is InChI=1S/C50H82NO8P/c1-6-8-10-12-14-16-18-20-22-24-25-27-28-30-32-34-36-38-40-42-49(52)56-46-48(47-58-60(54,55)57-45-44-51(3,4)5)59-50(53)43-41-39-37-35-33-31-29-26-23-21-19-17-15-13-11-9-7-2/h11,13-14,16-17,19-20,22-23,25-27,30-33,36,38,48H,6-10,12,15,18,21,24,28-29,34-35,37,39-47H2,1-5H3/p+1/b13-11+,16-14+,19-17+,22-20+,26-23+,27-25+,32-30+,33-31+,38-36+/t48-/m1/s1. The summed E-state index contributed by atoms with van der Waals surface area (Å²) < 4.78 is 34.2. The van der Waals surface area contributed by atoms with Gasteiger partial charge in [0.25, 0.3) is 0 Å². The van der Waals surface area contributed by atoms with Gasteiger partial charge in [-0.1, -0.05) is 149 Å². The molecule has 2 atom stereocenters. The van der Waals surface area contributed by atoms with E-state index in [0.29, 0.717) is 23.9 Å². The second-order valence-electron chi connectivity index (χ2n) is 15.7. The Morgan fingerprint density at radius 2 is 0.967 bits per heavy atom. The van der Waals surface area contributed by atoms with Crippen molar-refractivity contribution >= 4 is 19.8 Å². The predicted molar refractivity (Wildman–Crippen MR) is 251 cm³/mol. The first-order valence-electron chi connectivity index (χ1n) is 22.6. The van der Waals surface area contributed by atoms with Crippen LogP contribution in [0.2, 0.25) is 0 Å². The van der Waals surface area contributed by atoms with Crippen molar-refractivity contribution in [2.75, 3.05) is 47.5 Å². The molecule has 340 valence electrons. The van der Waals surface area contributed by atoms with E-state index in [-0.39, 0.29) is 26.1 Å². The van der Waals surface area contributed by atoms with Crippen molar-refractivity contribution in [3.8, 4) is 0 Å². The van der Waals surface area contributed by atoms with Gasteiger partial charge in [0, 0.05) is 12.8 Å². The van der Waals surface area contributed by atoms with Crippen molar-refractivity contribution in [1.29, 1.82) is 0 Å². The number of nitrogens with zero attached hydrogens (tertiary/aromatic N) is 1. The lowest BCUT2D eigenvalue weighted by Crippen LogP contribution is -2.37. The van der Waals surface area contributed by atoms with Gasteiger partial charge in [-0.25, -0.2) is 4.57 Å². The molecule has 0 aliphatic rings. The van der Waals surface area contributed by atoms with Crippen molar-refractivity contribution in [1.82, 2.24) is 0 Å². The highest BCUT2D eigenvalue weighted by atomic mass is 31.2. The van der Waals surface area contributed by atoms with E-state index in [4.69, 9.17) is 18.5 Å². The minimum Gasteiger partial charge on any atom is -0.462 e. The van der Waals surface area contributed by atoms with Gasteiger partial charge >= 0.3 is 19.8 Å². The minimum atomic E-state index is -4.41. The molecule has 0 spiro atoms. The molecule has 0 aromatic heterocycles. The number of ether oxygens (including phenoxy) is 2. The van der Waals surface area contributed by atoms with Crippen LogP contribution in [-0.2, 0) is 32.7 Å². The molecule has 0 heterocycles. The molecule has 0 radical (unpaired) electrons. The first-order valence-corrected chi connectivity index (χ1v) is 24.1. The highest BCUT2D eigenvalue weighted by Crippen LogP contribution is 2.43. The number of hydrogen-bond donors (Lipinski definition) is 1. The third-order valence-corrected chi connectivity index (χ3v) is 9.75. The third-order valence-electron chi connectivity index (χ3n) is 8.77. The number of unbranched alkanes of at least 4 members (excludes halogenated alkanes) is 7. The smallest absolute Gasteiger partial charge is 0.462 e. The molecule has 1 N–H and O–H groups in total. The molecule has 0 aliphatic carbocycles. The number of phosphoric ester groups is 1. The monoisotopic (exact) mass is 857 g/mol. The van der Waals surface area contributed by atoms with E-state index in [1.165, 1.54) is 32.1 Å². The van der Waals surface area contributed by atoms with Crippen LogP contribution in [0.15, 0.2) is 109 Å². The van der Waals surface area contributed by atoms with Crippen molar-refractivity contribution in [3.63, 3.8) is 0 Å². The van der Waals surface area contributed by atoms with Crippen LogP contribution in [-0.4, -0.2) is 74.9 Å². The second kappa shape index (κ2) is 41.0. The Morgan fingerprint density at radius 1 is 0.517 bits per heavy atom. The predicted octanol–water partition coefficient (Wildman–Crippen LogP) is 13.1. The minimum absolute atomic E-state index is 0.00756. The summed E-state index contributed by atoms with van der Waals surface area (Å²) >= 11 is 0. The molecule has 0 fully saturated rings. The zero-order valence-electron chi connectivity index (χ0n) is 38.1. The van der Waals surface area contributed by atoms with Gasteiger partial charge in [0.05, 0.1) is 27.7 Å². The number of quaternary nitrogens is 1. The first kappa shape index (κ1) is 56.7. The van der Waals surface area contributed by atoms with Crippen LogP contribution in [0.1, 0.15) is 142 Å². The number of esters is 2. The molecule has 9 nitrogen and oxygen atoms in total. The van der Waals surface area contributed by atoms with E-state index >= 15 is 0 Å². The van der Waals surface area contributed by atoms with E-state index in [2.05, 4.69) is 111 Å². The summed E-state index contributed by atoms with van der Waals surface area (Å²) in [4.78, 5) is 35.4. The first-order chi connectivity index (χ1) is 29.0. The highest BCUT2D eigenvalue weighted by Gasteiger charge is 2.27. The van der Waals surface area contributed by atoms with Crippen LogP contribution >= 0.6 is 7.82 Å². The fourth-order valence-corrected chi connectivity index (χ4v) is 5.96. The zero-order chi connectivity index (χ0) is 44.3. The summed E-state index contributed by atoms with van der Waals surface area (Å²) in [5.41, 5.74) is 0. The lowest BCUT2D eigenvalue weighted by atomic mass is 10.1. The molecule has 0 aromatic carbocycles. The molecule has 10 heteroatoms. The number of carbonyl (C=O) groups is 2. The SMILES string of the molecule is CCC/C=C/C/C=C/C/C=C/C/C=C/CCCCCC(=O)O[C@H](COC(=O)CC/C=C/C/C=C/C/C=C/C/C=C/C/C=C/CCCCC)COP(=O)(O)OCC[N+](C)(C)C. The van der Waals surface area contributed by atoms with Crippen LogP contribution in [0, 0.1) is 0 Å². The average Bonchev–Trinajstić information content (AvgIpc) is 3.20. The lowest BCUT2D eigenvalue weighted by molar-refractivity contribution is -0.870. The van der Waals surface area contributed by atoms with E-state index in [1.54, 1.807) is 0 Å². The number of hydrogen-bond acceptors (Lipinski definition) is 7. The van der Waals surface area contributed by atoms with Crippen LogP contribution in [0.25, 0.3) is 0 Å². The molecule has 0 rings (SSSR count).